The normalized spacial score (nSPS) is 12.8. The van der Waals surface area contributed by atoms with E-state index in [9.17, 15) is 14.4 Å². The molecule has 0 N–H and O–H groups in total. The van der Waals surface area contributed by atoms with Crippen molar-refractivity contribution in [2.45, 2.75) is 226 Å². The van der Waals surface area contributed by atoms with Gasteiger partial charge >= 0.3 is 17.9 Å². The second kappa shape index (κ2) is 48.3. The van der Waals surface area contributed by atoms with E-state index in [1.54, 1.807) is 0 Å². The van der Waals surface area contributed by atoms with Crippen LogP contribution < -0.4 is 0 Å². The van der Waals surface area contributed by atoms with Crippen LogP contribution in [0.5, 0.6) is 0 Å². The molecule has 0 fully saturated rings. The minimum Gasteiger partial charge on any atom is -0.462 e. The number of allylic oxidation sites excluding steroid dienone is 14. The maximum atomic E-state index is 12.8. The van der Waals surface area contributed by atoms with Crippen molar-refractivity contribution in [2.75, 3.05) is 13.2 Å². The SMILES string of the molecule is CC/C=C\C/C=C\C/C=C\CCCCCCCCC(=O)OCC(COC(=O)CCCCCCC/C=C\CCCCC)OC(=O)CCCCCC/C=C\C/C=C\C/C=C\CC. The van der Waals surface area contributed by atoms with Crippen LogP contribution in [0.4, 0.5) is 0 Å². The highest BCUT2D eigenvalue weighted by Gasteiger charge is 2.19. The highest BCUT2D eigenvalue weighted by Crippen LogP contribution is 2.13. The fourth-order valence-electron chi connectivity index (χ4n) is 6.46. The largest absolute Gasteiger partial charge is 0.462 e. The number of esters is 3. The van der Waals surface area contributed by atoms with E-state index in [0.717, 1.165) is 122 Å². The predicted octanol–water partition coefficient (Wildman–Crippen LogP) is 16.0. The van der Waals surface area contributed by atoms with E-state index in [4.69, 9.17) is 14.2 Å². The standard InChI is InChI=1S/C54H90O6/c1-4-7-10-13-16-19-22-25-27-28-30-32-35-38-41-44-47-53(56)59-50-51(49-58-52(55)46-43-40-37-34-31-24-21-18-15-12-9-6-3)60-54(57)48-45-42-39-36-33-29-26-23-20-17-14-11-8-5-2/h7-8,10-11,16-21,25-27,29,51H,4-6,9,12-15,22-24,28,30-50H2,1-3H3/b10-7-,11-8-,19-16-,20-17-,21-18-,27-25-,29-26-. The lowest BCUT2D eigenvalue weighted by Crippen LogP contribution is -2.30. The summed E-state index contributed by atoms with van der Waals surface area (Å²) in [7, 11) is 0. The number of hydrogen-bond donors (Lipinski definition) is 0. The number of rotatable bonds is 43. The van der Waals surface area contributed by atoms with Crippen molar-refractivity contribution < 1.29 is 28.6 Å². The van der Waals surface area contributed by atoms with Gasteiger partial charge in [-0.1, -0.05) is 176 Å². The first-order chi connectivity index (χ1) is 29.5. The van der Waals surface area contributed by atoms with Crippen molar-refractivity contribution >= 4 is 17.9 Å². The maximum Gasteiger partial charge on any atom is 0.306 e. The quantitative estimate of drug-likeness (QED) is 0.0263. The molecule has 0 aromatic rings. The lowest BCUT2D eigenvalue weighted by atomic mass is 10.1. The van der Waals surface area contributed by atoms with E-state index in [1.165, 1.54) is 57.8 Å². The lowest BCUT2D eigenvalue weighted by Gasteiger charge is -2.18. The van der Waals surface area contributed by atoms with Crippen LogP contribution in [-0.4, -0.2) is 37.2 Å². The minimum atomic E-state index is -0.796. The Morgan fingerprint density at radius 2 is 0.650 bits per heavy atom. The van der Waals surface area contributed by atoms with Crippen LogP contribution in [0.3, 0.4) is 0 Å². The van der Waals surface area contributed by atoms with Crippen LogP contribution >= 0.6 is 0 Å². The average Bonchev–Trinajstić information content (AvgIpc) is 3.24. The fraction of sp³-hybridized carbons (Fsp3) is 0.685. The van der Waals surface area contributed by atoms with E-state index in [2.05, 4.69) is 106 Å². The summed E-state index contributed by atoms with van der Waals surface area (Å²) in [5.74, 6) is -0.943. The molecule has 6 nitrogen and oxygen atoms in total. The molecule has 0 aliphatic carbocycles. The fourth-order valence-corrected chi connectivity index (χ4v) is 6.46. The molecule has 0 radical (unpaired) electrons. The molecule has 0 aromatic carbocycles. The number of unbranched alkanes of at least 4 members (excludes halogenated alkanes) is 18. The molecule has 60 heavy (non-hydrogen) atoms. The topological polar surface area (TPSA) is 78.9 Å². The molecule has 0 aromatic heterocycles. The number of hydrogen-bond acceptors (Lipinski definition) is 6. The van der Waals surface area contributed by atoms with Gasteiger partial charge in [0, 0.05) is 19.3 Å². The van der Waals surface area contributed by atoms with Gasteiger partial charge < -0.3 is 14.2 Å². The van der Waals surface area contributed by atoms with E-state index in [1.807, 2.05) is 0 Å². The number of carbonyl (C=O) groups is 3. The third-order valence-corrected chi connectivity index (χ3v) is 10.1. The molecule has 342 valence electrons. The Balaban J connectivity index is 4.45. The first-order valence-corrected chi connectivity index (χ1v) is 24.6. The molecule has 6 heteroatoms. The van der Waals surface area contributed by atoms with Crippen molar-refractivity contribution in [1.82, 2.24) is 0 Å². The molecule has 0 amide bonds. The van der Waals surface area contributed by atoms with Crippen molar-refractivity contribution in [2.24, 2.45) is 0 Å². The van der Waals surface area contributed by atoms with E-state index >= 15 is 0 Å². The molecule has 1 unspecified atom stereocenters. The van der Waals surface area contributed by atoms with Gasteiger partial charge in [-0.2, -0.15) is 0 Å². The Kier molecular flexibility index (Phi) is 45.5. The molecule has 0 bridgehead atoms. The summed E-state index contributed by atoms with van der Waals surface area (Å²) < 4.78 is 16.7. The van der Waals surface area contributed by atoms with Crippen LogP contribution in [0.25, 0.3) is 0 Å². The van der Waals surface area contributed by atoms with E-state index < -0.39 is 6.10 Å². The molecule has 0 aliphatic rings. The second-order valence-corrected chi connectivity index (χ2v) is 16.0. The van der Waals surface area contributed by atoms with E-state index in [0.29, 0.717) is 19.3 Å². The molecule has 0 saturated heterocycles. The highest BCUT2D eigenvalue weighted by molar-refractivity contribution is 5.71. The zero-order valence-electron chi connectivity index (χ0n) is 38.9. The monoisotopic (exact) mass is 835 g/mol. The number of carbonyl (C=O) groups excluding carboxylic acids is 3. The van der Waals surface area contributed by atoms with Crippen molar-refractivity contribution in [3.8, 4) is 0 Å². The Bertz CT molecular complexity index is 1190. The Morgan fingerprint density at radius 1 is 0.350 bits per heavy atom. The van der Waals surface area contributed by atoms with Crippen LogP contribution in [-0.2, 0) is 28.6 Å². The molecule has 0 aliphatic heterocycles. The Hall–Kier alpha value is -3.41. The van der Waals surface area contributed by atoms with Crippen molar-refractivity contribution in [3.05, 3.63) is 85.1 Å². The average molecular weight is 835 g/mol. The van der Waals surface area contributed by atoms with Crippen LogP contribution in [0.1, 0.15) is 220 Å². The molecule has 0 rings (SSSR count). The summed E-state index contributed by atoms with van der Waals surface area (Å²) in [4.78, 5) is 37.9. The first kappa shape index (κ1) is 56.6. The smallest absolute Gasteiger partial charge is 0.306 e. The Morgan fingerprint density at radius 3 is 1.03 bits per heavy atom. The van der Waals surface area contributed by atoms with Gasteiger partial charge in [0.25, 0.3) is 0 Å². The summed E-state index contributed by atoms with van der Waals surface area (Å²) in [5.41, 5.74) is 0. The molecular weight excluding hydrogens is 745 g/mol. The van der Waals surface area contributed by atoms with Gasteiger partial charge in [0.1, 0.15) is 13.2 Å². The third kappa shape index (κ3) is 45.7. The lowest BCUT2D eigenvalue weighted by molar-refractivity contribution is -0.167. The molecule has 0 heterocycles. The number of ether oxygens (including phenoxy) is 3. The Labute approximate surface area is 369 Å². The summed E-state index contributed by atoms with van der Waals surface area (Å²) in [5, 5.41) is 0. The zero-order chi connectivity index (χ0) is 43.7. The molecule has 0 spiro atoms. The van der Waals surface area contributed by atoms with Gasteiger partial charge in [-0.3, -0.25) is 14.4 Å². The van der Waals surface area contributed by atoms with Crippen molar-refractivity contribution in [3.63, 3.8) is 0 Å². The van der Waals surface area contributed by atoms with Crippen LogP contribution in [0.15, 0.2) is 85.1 Å². The summed E-state index contributed by atoms with van der Waals surface area (Å²) in [6, 6.07) is 0. The van der Waals surface area contributed by atoms with Crippen LogP contribution in [0.2, 0.25) is 0 Å². The summed E-state index contributed by atoms with van der Waals surface area (Å²) in [6.07, 6.45) is 61.3. The van der Waals surface area contributed by atoms with Gasteiger partial charge in [0.2, 0.25) is 0 Å². The van der Waals surface area contributed by atoms with Crippen molar-refractivity contribution in [1.29, 1.82) is 0 Å². The summed E-state index contributed by atoms with van der Waals surface area (Å²) in [6.45, 7) is 6.34. The van der Waals surface area contributed by atoms with E-state index in [-0.39, 0.29) is 31.1 Å². The summed E-state index contributed by atoms with van der Waals surface area (Å²) >= 11 is 0. The second-order valence-electron chi connectivity index (χ2n) is 16.0. The maximum absolute atomic E-state index is 12.8. The predicted molar refractivity (Wildman–Crippen MR) is 256 cm³/mol. The molecular formula is C54H90O6. The molecule has 0 saturated carbocycles. The highest BCUT2D eigenvalue weighted by atomic mass is 16.6. The van der Waals surface area contributed by atoms with Gasteiger partial charge in [0.15, 0.2) is 6.10 Å². The third-order valence-electron chi connectivity index (χ3n) is 10.1. The zero-order valence-corrected chi connectivity index (χ0v) is 38.9. The van der Waals surface area contributed by atoms with Gasteiger partial charge in [-0.15, -0.1) is 0 Å². The van der Waals surface area contributed by atoms with Gasteiger partial charge in [0.05, 0.1) is 0 Å². The molecule has 1 atom stereocenters. The first-order valence-electron chi connectivity index (χ1n) is 24.6. The minimum absolute atomic E-state index is 0.0953. The van der Waals surface area contributed by atoms with Gasteiger partial charge in [-0.05, 0) is 109 Å². The van der Waals surface area contributed by atoms with Crippen LogP contribution in [0, 0.1) is 0 Å². The van der Waals surface area contributed by atoms with Gasteiger partial charge in [-0.25, -0.2) is 0 Å².